The zero-order valence-electron chi connectivity index (χ0n) is 9.20. The van der Waals surface area contributed by atoms with Crippen molar-refractivity contribution < 1.29 is 0 Å². The van der Waals surface area contributed by atoms with Gasteiger partial charge in [-0.05, 0) is 36.2 Å². The first-order valence-electron chi connectivity index (χ1n) is 5.27. The maximum Gasteiger partial charge on any atom is 0.153 e. The summed E-state index contributed by atoms with van der Waals surface area (Å²) >= 11 is 7.63. The van der Waals surface area contributed by atoms with Gasteiger partial charge in [0, 0.05) is 10.6 Å². The molecule has 3 aromatic rings. The van der Waals surface area contributed by atoms with Gasteiger partial charge in [-0.3, -0.25) is 0 Å². The lowest BCUT2D eigenvalue weighted by Gasteiger charge is -2.05. The minimum absolute atomic E-state index is 0.760. The number of aryl methyl sites for hydroxylation is 1. The second-order valence-corrected chi connectivity index (χ2v) is 5.24. The van der Waals surface area contributed by atoms with Crippen molar-refractivity contribution in [3.8, 4) is 11.1 Å². The molecule has 1 radical (unpaired) electrons. The Bertz CT molecular complexity index is 667. The number of fused-ring (bicyclic) bond motifs is 1. The maximum absolute atomic E-state index is 6.10. The van der Waals surface area contributed by atoms with Crippen molar-refractivity contribution in [2.24, 2.45) is 0 Å². The lowest BCUT2D eigenvalue weighted by atomic mass is 10.0. The molecule has 1 heterocycles. The average molecular weight is 259 g/mol. The van der Waals surface area contributed by atoms with Gasteiger partial charge in [0.1, 0.15) is 0 Å². The SMILES string of the molecule is Cc1cc(Cl)cc(-c2cccc3s[c]nc23)c1. The van der Waals surface area contributed by atoms with E-state index in [1.807, 2.05) is 25.1 Å². The number of hydrogen-bond donors (Lipinski definition) is 0. The van der Waals surface area contributed by atoms with Crippen LogP contribution >= 0.6 is 22.9 Å². The molecule has 0 saturated carbocycles. The van der Waals surface area contributed by atoms with Crippen LogP contribution in [-0.2, 0) is 0 Å². The third kappa shape index (κ3) is 1.94. The van der Waals surface area contributed by atoms with E-state index in [0.717, 1.165) is 31.9 Å². The van der Waals surface area contributed by atoms with Crippen molar-refractivity contribution in [1.82, 2.24) is 4.98 Å². The molecule has 1 nitrogen and oxygen atoms in total. The summed E-state index contributed by atoms with van der Waals surface area (Å²) < 4.78 is 1.15. The normalized spacial score (nSPS) is 10.9. The van der Waals surface area contributed by atoms with E-state index < -0.39 is 0 Å². The molecule has 0 unspecified atom stereocenters. The van der Waals surface area contributed by atoms with Crippen LogP contribution in [0.2, 0.25) is 5.02 Å². The third-order valence-electron chi connectivity index (χ3n) is 2.67. The number of benzene rings is 2. The van der Waals surface area contributed by atoms with E-state index in [-0.39, 0.29) is 0 Å². The zero-order valence-corrected chi connectivity index (χ0v) is 10.8. The topological polar surface area (TPSA) is 12.9 Å². The van der Waals surface area contributed by atoms with Crippen LogP contribution in [0.5, 0.6) is 0 Å². The molecular formula is C14H9ClNS. The van der Waals surface area contributed by atoms with Gasteiger partial charge in [0.25, 0.3) is 0 Å². The van der Waals surface area contributed by atoms with Gasteiger partial charge in [0.05, 0.1) is 10.2 Å². The van der Waals surface area contributed by atoms with Gasteiger partial charge in [-0.1, -0.05) is 29.8 Å². The summed E-state index contributed by atoms with van der Waals surface area (Å²) in [5.74, 6) is 0. The second-order valence-electron chi connectivity index (χ2n) is 3.97. The number of hydrogen-bond acceptors (Lipinski definition) is 2. The van der Waals surface area contributed by atoms with E-state index in [1.54, 1.807) is 0 Å². The Balaban J connectivity index is 2.30. The van der Waals surface area contributed by atoms with Crippen molar-refractivity contribution in [2.45, 2.75) is 6.92 Å². The molecule has 1 aromatic heterocycles. The van der Waals surface area contributed by atoms with E-state index in [0.29, 0.717) is 0 Å². The van der Waals surface area contributed by atoms with Crippen molar-refractivity contribution in [3.05, 3.63) is 52.5 Å². The highest BCUT2D eigenvalue weighted by Gasteiger charge is 2.07. The maximum atomic E-state index is 6.10. The van der Waals surface area contributed by atoms with Crippen LogP contribution in [0.15, 0.2) is 36.4 Å². The van der Waals surface area contributed by atoms with Crippen LogP contribution in [0.25, 0.3) is 21.3 Å². The van der Waals surface area contributed by atoms with Crippen LogP contribution in [0, 0.1) is 12.4 Å². The summed E-state index contributed by atoms with van der Waals surface area (Å²) in [7, 11) is 0. The Labute approximate surface area is 109 Å². The summed E-state index contributed by atoms with van der Waals surface area (Å²) in [6, 6.07) is 12.2. The Morgan fingerprint density at radius 1 is 1.24 bits per heavy atom. The highest BCUT2D eigenvalue weighted by Crippen LogP contribution is 2.31. The van der Waals surface area contributed by atoms with Crippen molar-refractivity contribution in [1.29, 1.82) is 0 Å². The Morgan fingerprint density at radius 3 is 2.94 bits per heavy atom. The van der Waals surface area contributed by atoms with Crippen molar-refractivity contribution in [2.75, 3.05) is 0 Å². The molecule has 0 N–H and O–H groups in total. The number of thiazole rings is 1. The number of para-hydroxylation sites is 1. The molecular weight excluding hydrogens is 250 g/mol. The van der Waals surface area contributed by atoms with Gasteiger partial charge in [-0.25, -0.2) is 4.98 Å². The van der Waals surface area contributed by atoms with Gasteiger partial charge in [-0.2, -0.15) is 0 Å². The fourth-order valence-electron chi connectivity index (χ4n) is 1.96. The van der Waals surface area contributed by atoms with Gasteiger partial charge in [-0.15, -0.1) is 11.3 Å². The molecule has 0 bridgehead atoms. The zero-order chi connectivity index (χ0) is 11.8. The molecule has 0 atom stereocenters. The van der Waals surface area contributed by atoms with Crippen LogP contribution in [0.4, 0.5) is 0 Å². The monoisotopic (exact) mass is 258 g/mol. The smallest absolute Gasteiger partial charge is 0.153 e. The Kier molecular flexibility index (Phi) is 2.61. The van der Waals surface area contributed by atoms with Gasteiger partial charge < -0.3 is 0 Å². The fraction of sp³-hybridized carbons (Fsp3) is 0.0714. The largest absolute Gasteiger partial charge is 0.233 e. The van der Waals surface area contributed by atoms with Gasteiger partial charge >= 0.3 is 0 Å². The van der Waals surface area contributed by atoms with E-state index in [4.69, 9.17) is 11.6 Å². The number of nitrogens with zero attached hydrogens (tertiary/aromatic N) is 1. The van der Waals surface area contributed by atoms with Crippen LogP contribution in [-0.4, -0.2) is 4.98 Å². The van der Waals surface area contributed by atoms with E-state index in [1.165, 1.54) is 11.3 Å². The molecule has 83 valence electrons. The standard InChI is InChI=1S/C14H9ClNS/c1-9-5-10(7-11(15)6-9)12-3-2-4-13-14(12)16-8-17-13/h2-7H,1H3. The van der Waals surface area contributed by atoms with E-state index in [9.17, 15) is 0 Å². The Hall–Kier alpha value is -1.38. The third-order valence-corrected chi connectivity index (χ3v) is 3.62. The summed E-state index contributed by atoms with van der Waals surface area (Å²) in [5.41, 5.74) is 7.32. The van der Waals surface area contributed by atoms with Gasteiger partial charge in [0.15, 0.2) is 5.51 Å². The molecule has 0 amide bonds. The lowest BCUT2D eigenvalue weighted by molar-refractivity contribution is 1.45. The summed E-state index contributed by atoms with van der Waals surface area (Å²) in [4.78, 5) is 4.30. The highest BCUT2D eigenvalue weighted by atomic mass is 35.5. The molecule has 3 heteroatoms. The molecule has 0 aliphatic heterocycles. The molecule has 2 aromatic carbocycles. The average Bonchev–Trinajstić information content (AvgIpc) is 2.75. The molecule has 0 aliphatic carbocycles. The quantitative estimate of drug-likeness (QED) is 0.615. The Morgan fingerprint density at radius 2 is 2.12 bits per heavy atom. The fourth-order valence-corrected chi connectivity index (χ4v) is 2.89. The molecule has 17 heavy (non-hydrogen) atoms. The predicted molar refractivity (Wildman–Crippen MR) is 73.6 cm³/mol. The lowest BCUT2D eigenvalue weighted by Crippen LogP contribution is -1.82. The highest BCUT2D eigenvalue weighted by molar-refractivity contribution is 7.16. The second kappa shape index (κ2) is 4.13. The first-order chi connectivity index (χ1) is 8.24. The summed E-state index contributed by atoms with van der Waals surface area (Å²) in [6.07, 6.45) is 0. The van der Waals surface area contributed by atoms with Crippen molar-refractivity contribution >= 4 is 33.2 Å². The summed E-state index contributed by atoms with van der Waals surface area (Å²) in [6.45, 7) is 2.04. The van der Waals surface area contributed by atoms with Crippen LogP contribution in [0.1, 0.15) is 5.56 Å². The van der Waals surface area contributed by atoms with Gasteiger partial charge in [0.2, 0.25) is 0 Å². The number of halogens is 1. The number of rotatable bonds is 1. The first-order valence-corrected chi connectivity index (χ1v) is 6.46. The molecule has 0 spiro atoms. The molecule has 0 aliphatic rings. The minimum Gasteiger partial charge on any atom is -0.233 e. The predicted octanol–water partition coefficient (Wildman–Crippen LogP) is 4.73. The minimum atomic E-state index is 0.760. The van der Waals surface area contributed by atoms with E-state index >= 15 is 0 Å². The molecule has 0 fully saturated rings. The van der Waals surface area contributed by atoms with Crippen LogP contribution < -0.4 is 0 Å². The molecule has 3 rings (SSSR count). The number of aromatic nitrogens is 1. The first kappa shape index (κ1) is 10.8. The molecule has 0 saturated heterocycles. The summed E-state index contributed by atoms with van der Waals surface area (Å²) in [5, 5.41) is 0.760. The van der Waals surface area contributed by atoms with E-state index in [2.05, 4.69) is 28.7 Å². The van der Waals surface area contributed by atoms with Crippen LogP contribution in [0.3, 0.4) is 0 Å². The van der Waals surface area contributed by atoms with Crippen molar-refractivity contribution in [3.63, 3.8) is 0 Å².